The maximum absolute atomic E-state index is 14.6. The third kappa shape index (κ3) is 5.12. The molecule has 0 saturated carbocycles. The molecule has 8 nitrogen and oxygen atoms in total. The second-order valence-corrected chi connectivity index (χ2v) is 10.00. The Bertz CT molecular complexity index is 1260. The number of halogens is 1. The van der Waals surface area contributed by atoms with Crippen LogP contribution in [0.1, 0.15) is 35.4 Å². The lowest BCUT2D eigenvalue weighted by Crippen LogP contribution is -2.14. The zero-order chi connectivity index (χ0) is 23.4. The first-order chi connectivity index (χ1) is 15.9. The molecule has 0 saturated heterocycles. The van der Waals surface area contributed by atoms with Crippen LogP contribution in [-0.2, 0) is 27.5 Å². The van der Waals surface area contributed by atoms with Crippen molar-refractivity contribution in [2.75, 3.05) is 24.8 Å². The van der Waals surface area contributed by atoms with E-state index in [1.807, 2.05) is 4.57 Å². The number of benzene rings is 2. The van der Waals surface area contributed by atoms with Crippen LogP contribution in [0.2, 0.25) is 0 Å². The molecule has 0 atom stereocenters. The zero-order valence-corrected chi connectivity index (χ0v) is 19.1. The Kier molecular flexibility index (Phi) is 6.85. The number of rotatable bonds is 7. The number of sulfone groups is 1. The number of fused-ring (bicyclic) bond motifs is 1. The predicted molar refractivity (Wildman–Crippen MR) is 121 cm³/mol. The summed E-state index contributed by atoms with van der Waals surface area (Å²) in [5.74, 6) is 0.272. The fourth-order valence-electron chi connectivity index (χ4n) is 3.79. The molecule has 33 heavy (non-hydrogen) atoms. The topological polar surface area (TPSA) is 103 Å². The summed E-state index contributed by atoms with van der Waals surface area (Å²) in [6.07, 6.45) is 3.91. The predicted octanol–water partition coefficient (Wildman–Crippen LogP) is 3.48. The molecule has 3 aromatic rings. The van der Waals surface area contributed by atoms with E-state index in [4.69, 9.17) is 4.74 Å². The summed E-state index contributed by atoms with van der Waals surface area (Å²) in [6, 6.07) is 9.96. The van der Waals surface area contributed by atoms with Crippen molar-refractivity contribution in [2.24, 2.45) is 0 Å². The summed E-state index contributed by atoms with van der Waals surface area (Å²) in [5, 5.41) is 11.2. The number of hydrogen-bond donors (Lipinski definition) is 1. The lowest BCUT2D eigenvalue weighted by Gasteiger charge is -2.11. The molecule has 0 aliphatic carbocycles. The van der Waals surface area contributed by atoms with Gasteiger partial charge in [0.2, 0.25) is 0 Å². The molecule has 0 spiro atoms. The van der Waals surface area contributed by atoms with Gasteiger partial charge < -0.3 is 14.6 Å². The molecule has 4 rings (SSSR count). The summed E-state index contributed by atoms with van der Waals surface area (Å²) in [6.45, 7) is 0.819. The van der Waals surface area contributed by atoms with Crippen LogP contribution in [-0.4, -0.2) is 48.6 Å². The average molecular weight is 473 g/mol. The van der Waals surface area contributed by atoms with Gasteiger partial charge in [-0.2, -0.15) is 0 Å². The quantitative estimate of drug-likeness (QED) is 0.565. The zero-order valence-electron chi connectivity index (χ0n) is 18.3. The molecule has 1 N–H and O–H groups in total. The molecule has 2 heterocycles. The van der Waals surface area contributed by atoms with Gasteiger partial charge in [-0.3, -0.25) is 4.79 Å². The van der Waals surface area contributed by atoms with Gasteiger partial charge in [0.1, 0.15) is 11.6 Å². The smallest absolute Gasteiger partial charge is 0.255 e. The van der Waals surface area contributed by atoms with E-state index in [9.17, 15) is 17.6 Å². The van der Waals surface area contributed by atoms with Gasteiger partial charge in [0.15, 0.2) is 15.7 Å². The number of amides is 1. The maximum atomic E-state index is 14.6. The summed E-state index contributed by atoms with van der Waals surface area (Å²) in [5.41, 5.74) is 0.954. The number of carbonyl (C=O) groups excluding carboxylic acids is 1. The van der Waals surface area contributed by atoms with E-state index in [-0.39, 0.29) is 28.4 Å². The Morgan fingerprint density at radius 1 is 1.12 bits per heavy atom. The van der Waals surface area contributed by atoms with E-state index in [2.05, 4.69) is 15.5 Å². The van der Waals surface area contributed by atoms with Gasteiger partial charge in [-0.15, -0.1) is 10.2 Å². The molecule has 0 bridgehead atoms. The van der Waals surface area contributed by atoms with Crippen LogP contribution < -0.4 is 5.32 Å². The van der Waals surface area contributed by atoms with Crippen LogP contribution in [0, 0.1) is 5.82 Å². The van der Waals surface area contributed by atoms with Gasteiger partial charge in [-0.05, 0) is 55.3 Å². The minimum absolute atomic E-state index is 0.0900. The van der Waals surface area contributed by atoms with Gasteiger partial charge >= 0.3 is 0 Å². The number of methoxy groups -OCH3 is 1. The first kappa shape index (κ1) is 23.1. The second-order valence-electron chi connectivity index (χ2n) is 7.89. The van der Waals surface area contributed by atoms with Gasteiger partial charge in [-0.1, -0.05) is 6.42 Å². The third-order valence-corrected chi connectivity index (χ3v) is 7.30. The standard InChI is InChI=1S/C23H25FN4O4S/c1-32-13-14-33(30,31)18-9-6-16(7-10-18)23(29)25-17-8-11-20(24)19(15-17)22-27-26-21-5-3-2-4-12-28(21)22/h6-11,15H,2-5,12-14H2,1H3,(H,25,29). The highest BCUT2D eigenvalue weighted by Crippen LogP contribution is 2.28. The lowest BCUT2D eigenvalue weighted by molar-refractivity contribution is 0.102. The van der Waals surface area contributed by atoms with Crippen LogP contribution in [0.5, 0.6) is 0 Å². The van der Waals surface area contributed by atoms with Crippen molar-refractivity contribution in [1.82, 2.24) is 14.8 Å². The minimum atomic E-state index is -3.48. The van der Waals surface area contributed by atoms with Crippen molar-refractivity contribution < 1.29 is 22.3 Å². The van der Waals surface area contributed by atoms with Crippen LogP contribution >= 0.6 is 0 Å². The summed E-state index contributed by atoms with van der Waals surface area (Å²) >= 11 is 0. The van der Waals surface area contributed by atoms with Gasteiger partial charge in [0, 0.05) is 31.3 Å². The highest BCUT2D eigenvalue weighted by atomic mass is 32.2. The highest BCUT2D eigenvalue weighted by molar-refractivity contribution is 7.91. The Hall–Kier alpha value is -3.11. The molecule has 2 aromatic carbocycles. The minimum Gasteiger partial charge on any atom is -0.384 e. The number of nitrogens with zero attached hydrogens (tertiary/aromatic N) is 3. The normalized spacial score (nSPS) is 13.9. The molecule has 174 valence electrons. The van der Waals surface area contributed by atoms with Crippen molar-refractivity contribution in [3.63, 3.8) is 0 Å². The molecule has 10 heteroatoms. The van der Waals surface area contributed by atoms with E-state index in [0.717, 1.165) is 38.1 Å². The molecule has 1 aliphatic rings. The monoisotopic (exact) mass is 472 g/mol. The molecule has 1 aliphatic heterocycles. The van der Waals surface area contributed by atoms with E-state index in [1.165, 1.54) is 43.5 Å². The fraction of sp³-hybridized carbons (Fsp3) is 0.348. The van der Waals surface area contributed by atoms with Crippen LogP contribution in [0.25, 0.3) is 11.4 Å². The van der Waals surface area contributed by atoms with E-state index < -0.39 is 21.6 Å². The first-order valence-electron chi connectivity index (χ1n) is 10.7. The molecular formula is C23H25FN4O4S. The molecule has 0 radical (unpaired) electrons. The van der Waals surface area contributed by atoms with Crippen molar-refractivity contribution in [3.8, 4) is 11.4 Å². The number of aromatic nitrogens is 3. The Morgan fingerprint density at radius 2 is 1.91 bits per heavy atom. The Balaban J connectivity index is 1.53. The number of anilines is 1. The SMILES string of the molecule is COCCS(=O)(=O)c1ccc(C(=O)Nc2ccc(F)c(-c3nnc4n3CCCCC4)c2)cc1. The number of hydrogen-bond acceptors (Lipinski definition) is 6. The fourth-order valence-corrected chi connectivity index (χ4v) is 4.96. The van der Waals surface area contributed by atoms with Crippen LogP contribution in [0.15, 0.2) is 47.4 Å². The van der Waals surface area contributed by atoms with Gasteiger partial charge in [0.25, 0.3) is 5.91 Å². The lowest BCUT2D eigenvalue weighted by atomic mass is 10.1. The van der Waals surface area contributed by atoms with E-state index in [1.54, 1.807) is 6.07 Å². The third-order valence-electron chi connectivity index (χ3n) is 5.61. The number of aryl methyl sites for hydroxylation is 1. The van der Waals surface area contributed by atoms with Gasteiger partial charge in [-0.25, -0.2) is 12.8 Å². The highest BCUT2D eigenvalue weighted by Gasteiger charge is 2.20. The molecule has 1 aromatic heterocycles. The van der Waals surface area contributed by atoms with E-state index >= 15 is 0 Å². The summed E-state index contributed by atoms with van der Waals surface area (Å²) < 4.78 is 45.9. The van der Waals surface area contributed by atoms with Crippen LogP contribution in [0.3, 0.4) is 0 Å². The van der Waals surface area contributed by atoms with Crippen LogP contribution in [0.4, 0.5) is 10.1 Å². The molecule has 1 amide bonds. The number of ether oxygens (including phenoxy) is 1. The first-order valence-corrected chi connectivity index (χ1v) is 12.4. The maximum Gasteiger partial charge on any atom is 0.255 e. The molecule has 0 fully saturated rings. The molecule has 0 unspecified atom stereocenters. The van der Waals surface area contributed by atoms with Gasteiger partial charge in [0.05, 0.1) is 22.8 Å². The molecular weight excluding hydrogens is 447 g/mol. The van der Waals surface area contributed by atoms with Crippen molar-refractivity contribution >= 4 is 21.4 Å². The average Bonchev–Trinajstić information content (AvgIpc) is 3.06. The van der Waals surface area contributed by atoms with Crippen molar-refractivity contribution in [3.05, 3.63) is 59.7 Å². The van der Waals surface area contributed by atoms with Crippen molar-refractivity contribution in [2.45, 2.75) is 37.1 Å². The summed E-state index contributed by atoms with van der Waals surface area (Å²) in [4.78, 5) is 12.8. The summed E-state index contributed by atoms with van der Waals surface area (Å²) in [7, 11) is -2.05. The Morgan fingerprint density at radius 3 is 2.67 bits per heavy atom. The van der Waals surface area contributed by atoms with E-state index in [0.29, 0.717) is 11.5 Å². The van der Waals surface area contributed by atoms with Crippen molar-refractivity contribution in [1.29, 1.82) is 0 Å². The second kappa shape index (κ2) is 9.80. The number of carbonyl (C=O) groups is 1. The largest absolute Gasteiger partial charge is 0.384 e. The number of nitrogens with one attached hydrogen (secondary N) is 1. The Labute approximate surface area is 191 Å².